The van der Waals surface area contributed by atoms with Crippen molar-refractivity contribution in [2.75, 3.05) is 25.5 Å². The number of hydrogen-bond acceptors (Lipinski definition) is 5. The SMILES string of the molecule is COc1ccc(CNc2ncc(C(=O)N3CCCCC3)cn2)cc1. The first-order chi connectivity index (χ1) is 11.8. The van der Waals surface area contributed by atoms with Gasteiger partial charge in [-0.05, 0) is 37.0 Å². The molecule has 1 fully saturated rings. The molecule has 1 aromatic carbocycles. The van der Waals surface area contributed by atoms with Crippen molar-refractivity contribution in [3.05, 3.63) is 47.8 Å². The number of hydrogen-bond donors (Lipinski definition) is 1. The first kappa shape index (κ1) is 16.2. The number of carbonyl (C=O) groups is 1. The lowest BCUT2D eigenvalue weighted by molar-refractivity contribution is 0.0723. The highest BCUT2D eigenvalue weighted by molar-refractivity contribution is 5.93. The van der Waals surface area contributed by atoms with Crippen molar-refractivity contribution in [3.63, 3.8) is 0 Å². The van der Waals surface area contributed by atoms with Crippen molar-refractivity contribution < 1.29 is 9.53 Å². The third-order valence-electron chi connectivity index (χ3n) is 4.15. The molecule has 1 amide bonds. The van der Waals surface area contributed by atoms with Gasteiger partial charge in [0, 0.05) is 32.0 Å². The van der Waals surface area contributed by atoms with Gasteiger partial charge >= 0.3 is 0 Å². The number of aromatic nitrogens is 2. The summed E-state index contributed by atoms with van der Waals surface area (Å²) in [5.41, 5.74) is 1.65. The smallest absolute Gasteiger partial charge is 0.256 e. The van der Waals surface area contributed by atoms with Gasteiger partial charge in [-0.1, -0.05) is 12.1 Å². The van der Waals surface area contributed by atoms with Crippen LogP contribution in [0.4, 0.5) is 5.95 Å². The first-order valence-corrected chi connectivity index (χ1v) is 8.24. The molecule has 1 saturated heterocycles. The van der Waals surface area contributed by atoms with E-state index in [4.69, 9.17) is 4.74 Å². The van der Waals surface area contributed by atoms with Gasteiger partial charge in [-0.15, -0.1) is 0 Å². The molecule has 0 saturated carbocycles. The quantitative estimate of drug-likeness (QED) is 0.915. The summed E-state index contributed by atoms with van der Waals surface area (Å²) in [5.74, 6) is 1.37. The molecule has 0 spiro atoms. The highest BCUT2D eigenvalue weighted by Crippen LogP contribution is 2.14. The lowest BCUT2D eigenvalue weighted by Gasteiger charge is -2.26. The molecule has 24 heavy (non-hydrogen) atoms. The van der Waals surface area contributed by atoms with Gasteiger partial charge in [0.2, 0.25) is 5.95 Å². The zero-order valence-electron chi connectivity index (χ0n) is 13.9. The van der Waals surface area contributed by atoms with Crippen LogP contribution in [-0.4, -0.2) is 41.0 Å². The fourth-order valence-electron chi connectivity index (χ4n) is 2.73. The second kappa shape index (κ2) is 7.77. The topological polar surface area (TPSA) is 67.3 Å². The first-order valence-electron chi connectivity index (χ1n) is 8.24. The van der Waals surface area contributed by atoms with Crippen molar-refractivity contribution >= 4 is 11.9 Å². The summed E-state index contributed by atoms with van der Waals surface area (Å²) in [6, 6.07) is 7.80. The van der Waals surface area contributed by atoms with E-state index in [0.717, 1.165) is 37.2 Å². The van der Waals surface area contributed by atoms with Crippen LogP contribution in [0, 0.1) is 0 Å². The van der Waals surface area contributed by atoms with Crippen LogP contribution in [0.5, 0.6) is 5.75 Å². The summed E-state index contributed by atoms with van der Waals surface area (Å²) in [6.45, 7) is 2.27. The largest absolute Gasteiger partial charge is 0.497 e. The summed E-state index contributed by atoms with van der Waals surface area (Å²) < 4.78 is 5.14. The molecule has 6 heteroatoms. The number of ether oxygens (including phenoxy) is 1. The van der Waals surface area contributed by atoms with Gasteiger partial charge in [-0.25, -0.2) is 9.97 Å². The van der Waals surface area contributed by atoms with E-state index in [1.807, 2.05) is 29.2 Å². The second-order valence-electron chi connectivity index (χ2n) is 5.85. The number of nitrogens with zero attached hydrogens (tertiary/aromatic N) is 3. The molecule has 126 valence electrons. The van der Waals surface area contributed by atoms with E-state index in [9.17, 15) is 4.79 Å². The molecule has 0 radical (unpaired) electrons. The van der Waals surface area contributed by atoms with Gasteiger partial charge < -0.3 is 15.0 Å². The number of methoxy groups -OCH3 is 1. The van der Waals surface area contributed by atoms with E-state index in [-0.39, 0.29) is 5.91 Å². The number of benzene rings is 1. The van der Waals surface area contributed by atoms with Crippen LogP contribution in [0.1, 0.15) is 35.2 Å². The Labute approximate surface area is 141 Å². The molecule has 3 rings (SSSR count). The minimum absolute atomic E-state index is 0.0244. The number of piperidine rings is 1. The Hall–Kier alpha value is -2.63. The third-order valence-corrected chi connectivity index (χ3v) is 4.15. The Morgan fingerprint density at radius 1 is 1.12 bits per heavy atom. The van der Waals surface area contributed by atoms with Gasteiger partial charge in [-0.3, -0.25) is 4.79 Å². The van der Waals surface area contributed by atoms with E-state index in [0.29, 0.717) is 18.1 Å². The van der Waals surface area contributed by atoms with Crippen LogP contribution in [0.25, 0.3) is 0 Å². The highest BCUT2D eigenvalue weighted by Gasteiger charge is 2.18. The average Bonchev–Trinajstić information content (AvgIpc) is 2.67. The van der Waals surface area contributed by atoms with Crippen molar-refractivity contribution in [2.24, 2.45) is 0 Å². The fourth-order valence-corrected chi connectivity index (χ4v) is 2.73. The maximum absolute atomic E-state index is 12.4. The predicted molar refractivity (Wildman–Crippen MR) is 92.1 cm³/mol. The fraction of sp³-hybridized carbons (Fsp3) is 0.389. The lowest BCUT2D eigenvalue weighted by atomic mass is 10.1. The normalized spacial score (nSPS) is 14.3. The molecule has 1 N–H and O–H groups in total. The summed E-state index contributed by atoms with van der Waals surface area (Å²) >= 11 is 0. The van der Waals surface area contributed by atoms with E-state index in [1.54, 1.807) is 19.5 Å². The molecular weight excluding hydrogens is 304 g/mol. The van der Waals surface area contributed by atoms with Crippen molar-refractivity contribution in [1.29, 1.82) is 0 Å². The molecule has 0 aliphatic carbocycles. The number of rotatable bonds is 5. The minimum atomic E-state index is 0.0244. The van der Waals surface area contributed by atoms with Gasteiger partial charge in [0.05, 0.1) is 12.7 Å². The highest BCUT2D eigenvalue weighted by atomic mass is 16.5. The molecular formula is C18H22N4O2. The lowest BCUT2D eigenvalue weighted by Crippen LogP contribution is -2.35. The summed E-state index contributed by atoms with van der Waals surface area (Å²) in [5, 5.41) is 3.16. The van der Waals surface area contributed by atoms with Crippen LogP contribution in [0.15, 0.2) is 36.7 Å². The van der Waals surface area contributed by atoms with Gasteiger partial charge in [0.15, 0.2) is 0 Å². The molecule has 0 unspecified atom stereocenters. The number of nitrogens with one attached hydrogen (secondary N) is 1. The Balaban J connectivity index is 1.56. The van der Waals surface area contributed by atoms with Crippen LogP contribution >= 0.6 is 0 Å². The second-order valence-corrected chi connectivity index (χ2v) is 5.85. The Bertz CT molecular complexity index is 664. The van der Waals surface area contributed by atoms with E-state index >= 15 is 0 Å². The minimum Gasteiger partial charge on any atom is -0.497 e. The Morgan fingerprint density at radius 3 is 2.42 bits per heavy atom. The summed E-state index contributed by atoms with van der Waals surface area (Å²) in [6.07, 6.45) is 6.55. The van der Waals surface area contributed by atoms with Crippen LogP contribution in [-0.2, 0) is 6.54 Å². The predicted octanol–water partition coefficient (Wildman–Crippen LogP) is 2.72. The maximum atomic E-state index is 12.4. The average molecular weight is 326 g/mol. The molecule has 2 aromatic rings. The number of anilines is 1. The molecule has 1 aliphatic heterocycles. The van der Waals surface area contributed by atoms with Crippen molar-refractivity contribution in [2.45, 2.75) is 25.8 Å². The monoisotopic (exact) mass is 326 g/mol. The standard InChI is InChI=1S/C18H22N4O2/c1-24-16-7-5-14(6-8-16)11-19-18-20-12-15(13-21-18)17(23)22-9-3-2-4-10-22/h5-8,12-13H,2-4,9-11H2,1H3,(H,19,20,21). The van der Waals surface area contributed by atoms with Crippen molar-refractivity contribution in [1.82, 2.24) is 14.9 Å². The molecule has 1 aliphatic rings. The molecule has 2 heterocycles. The zero-order valence-corrected chi connectivity index (χ0v) is 13.9. The summed E-state index contributed by atoms with van der Waals surface area (Å²) in [7, 11) is 1.65. The van der Waals surface area contributed by atoms with Crippen LogP contribution in [0.3, 0.4) is 0 Å². The number of likely N-dealkylation sites (tertiary alicyclic amines) is 1. The van der Waals surface area contributed by atoms with Gasteiger partial charge in [0.25, 0.3) is 5.91 Å². The maximum Gasteiger partial charge on any atom is 0.256 e. The van der Waals surface area contributed by atoms with Gasteiger partial charge in [0.1, 0.15) is 5.75 Å². The van der Waals surface area contributed by atoms with E-state index in [1.165, 1.54) is 6.42 Å². The Morgan fingerprint density at radius 2 is 1.79 bits per heavy atom. The van der Waals surface area contributed by atoms with E-state index in [2.05, 4.69) is 15.3 Å². The molecule has 0 atom stereocenters. The van der Waals surface area contributed by atoms with Gasteiger partial charge in [-0.2, -0.15) is 0 Å². The molecule has 6 nitrogen and oxygen atoms in total. The summed E-state index contributed by atoms with van der Waals surface area (Å²) in [4.78, 5) is 22.7. The van der Waals surface area contributed by atoms with Crippen LogP contribution in [0.2, 0.25) is 0 Å². The zero-order chi connectivity index (χ0) is 16.8. The van der Waals surface area contributed by atoms with Crippen molar-refractivity contribution in [3.8, 4) is 5.75 Å². The van der Waals surface area contributed by atoms with E-state index < -0.39 is 0 Å². The molecule has 0 bridgehead atoms. The van der Waals surface area contributed by atoms with Crippen LogP contribution < -0.4 is 10.1 Å². The number of amides is 1. The Kier molecular flexibility index (Phi) is 5.25. The third kappa shape index (κ3) is 4.01. The number of carbonyl (C=O) groups excluding carboxylic acids is 1. The molecule has 1 aromatic heterocycles.